The number of allylic oxidation sites excluding steroid dienone is 2. The Morgan fingerprint density at radius 1 is 1.00 bits per heavy atom. The van der Waals surface area contributed by atoms with E-state index in [4.69, 9.17) is 0 Å². The Morgan fingerprint density at radius 3 is 2.79 bits per heavy atom. The Bertz CT molecular complexity index is 703. The second kappa shape index (κ2) is 3.46. The standard InChI is InChI=1S/C24H32/c1-11-3-14-10-24(8-11)9-12-4-15-18(5-12)23(2)21(15)16-6-13-7-17(22(23)24)20(14)19(13)16/h3,11-13,15-22H,4-10H2,1-2H3. The summed E-state index contributed by atoms with van der Waals surface area (Å²) in [7, 11) is 0. The summed E-state index contributed by atoms with van der Waals surface area (Å²) in [5.41, 5.74) is 3.52. The van der Waals surface area contributed by atoms with Gasteiger partial charge in [-0.2, -0.15) is 0 Å². The Labute approximate surface area is 146 Å². The zero-order valence-electron chi connectivity index (χ0n) is 15.4. The van der Waals surface area contributed by atoms with E-state index in [0.717, 1.165) is 64.1 Å². The van der Waals surface area contributed by atoms with E-state index in [9.17, 15) is 0 Å². The fraction of sp³-hybridized carbons (Fsp3) is 0.917. The molecule has 8 aliphatic carbocycles. The predicted octanol–water partition coefficient (Wildman–Crippen LogP) is 5.54. The summed E-state index contributed by atoms with van der Waals surface area (Å²) in [6.45, 7) is 5.42. The molecule has 0 saturated heterocycles. The van der Waals surface area contributed by atoms with Crippen LogP contribution < -0.4 is 0 Å². The lowest BCUT2D eigenvalue weighted by molar-refractivity contribution is -0.231. The molecular weight excluding hydrogens is 288 g/mol. The van der Waals surface area contributed by atoms with Gasteiger partial charge in [0.25, 0.3) is 0 Å². The van der Waals surface area contributed by atoms with Crippen molar-refractivity contribution >= 4 is 0 Å². The number of hydrogen-bond acceptors (Lipinski definition) is 0. The van der Waals surface area contributed by atoms with Crippen molar-refractivity contribution in [1.29, 1.82) is 0 Å². The van der Waals surface area contributed by atoms with Crippen molar-refractivity contribution in [3.63, 3.8) is 0 Å². The van der Waals surface area contributed by atoms with Crippen molar-refractivity contribution in [2.24, 2.45) is 75.9 Å². The van der Waals surface area contributed by atoms with Gasteiger partial charge in [0.05, 0.1) is 0 Å². The van der Waals surface area contributed by atoms with E-state index >= 15 is 0 Å². The third-order valence-corrected chi connectivity index (χ3v) is 11.9. The molecule has 1 spiro atoms. The summed E-state index contributed by atoms with van der Waals surface area (Å²) >= 11 is 0. The molecule has 8 bridgehead atoms. The van der Waals surface area contributed by atoms with Crippen molar-refractivity contribution in [3.05, 3.63) is 11.6 Å². The van der Waals surface area contributed by atoms with E-state index in [1.165, 1.54) is 11.8 Å². The molecule has 13 unspecified atom stereocenters. The summed E-state index contributed by atoms with van der Waals surface area (Å²) in [5, 5.41) is 0. The maximum absolute atomic E-state index is 2.86. The fourth-order valence-corrected chi connectivity index (χ4v) is 12.4. The molecule has 8 rings (SSSR count). The van der Waals surface area contributed by atoms with Gasteiger partial charge in [-0.05, 0) is 121 Å². The van der Waals surface area contributed by atoms with Crippen molar-refractivity contribution in [3.8, 4) is 0 Å². The molecule has 8 aliphatic rings. The smallest absolute Gasteiger partial charge is 0.0138 e. The van der Waals surface area contributed by atoms with Gasteiger partial charge < -0.3 is 0 Å². The third-order valence-electron chi connectivity index (χ3n) is 11.9. The van der Waals surface area contributed by atoms with Crippen LogP contribution in [0.15, 0.2) is 11.6 Å². The van der Waals surface area contributed by atoms with E-state index < -0.39 is 0 Å². The molecule has 13 atom stereocenters. The van der Waals surface area contributed by atoms with Crippen LogP contribution in [0, 0.1) is 75.9 Å². The molecule has 0 aromatic carbocycles. The number of fused-ring (bicyclic) bond motifs is 4. The zero-order valence-corrected chi connectivity index (χ0v) is 15.4. The molecule has 0 heterocycles. The van der Waals surface area contributed by atoms with Crippen molar-refractivity contribution in [1.82, 2.24) is 0 Å². The summed E-state index contributed by atoms with van der Waals surface area (Å²) in [5.74, 6) is 12.3. The van der Waals surface area contributed by atoms with Gasteiger partial charge in [0.1, 0.15) is 0 Å². The zero-order chi connectivity index (χ0) is 15.6. The van der Waals surface area contributed by atoms with Crippen molar-refractivity contribution < 1.29 is 0 Å². The maximum Gasteiger partial charge on any atom is -0.0138 e. The molecule has 0 radical (unpaired) electrons. The first-order valence-corrected chi connectivity index (χ1v) is 11.3. The van der Waals surface area contributed by atoms with Crippen LogP contribution >= 0.6 is 0 Å². The molecule has 0 N–H and O–H groups in total. The summed E-state index contributed by atoms with van der Waals surface area (Å²) in [4.78, 5) is 0. The van der Waals surface area contributed by atoms with Crippen LogP contribution in [0.4, 0.5) is 0 Å². The average molecular weight is 321 g/mol. The summed E-state index contributed by atoms with van der Waals surface area (Å²) in [6.07, 6.45) is 14.1. The van der Waals surface area contributed by atoms with Crippen molar-refractivity contribution in [2.75, 3.05) is 0 Å². The first-order chi connectivity index (χ1) is 11.6. The van der Waals surface area contributed by atoms with E-state index in [1.54, 1.807) is 44.9 Å². The summed E-state index contributed by atoms with van der Waals surface area (Å²) < 4.78 is 0. The molecule has 7 saturated carbocycles. The van der Waals surface area contributed by atoms with Crippen LogP contribution in [-0.4, -0.2) is 0 Å². The Hall–Kier alpha value is -0.260. The average Bonchev–Trinajstić information content (AvgIpc) is 2.95. The molecule has 0 aromatic rings. The van der Waals surface area contributed by atoms with Crippen LogP contribution in [0.5, 0.6) is 0 Å². The molecule has 0 aromatic heterocycles. The molecule has 0 nitrogen and oxygen atoms in total. The molecular formula is C24H32. The lowest BCUT2D eigenvalue weighted by Gasteiger charge is -2.71. The minimum Gasteiger partial charge on any atom is -0.0821 e. The maximum atomic E-state index is 2.86. The van der Waals surface area contributed by atoms with Gasteiger partial charge in [-0.3, -0.25) is 0 Å². The van der Waals surface area contributed by atoms with E-state index in [2.05, 4.69) is 19.9 Å². The fourth-order valence-electron chi connectivity index (χ4n) is 12.4. The van der Waals surface area contributed by atoms with Gasteiger partial charge in [0.2, 0.25) is 0 Å². The van der Waals surface area contributed by atoms with E-state index in [-0.39, 0.29) is 0 Å². The SMILES string of the molecule is CC1C=C2CC3(C1)CC1CC4C(C1)C1(C)C4C4CC5CC(C2C54)C31. The topological polar surface area (TPSA) is 0 Å². The normalized spacial score (nSPS) is 74.9. The molecule has 0 amide bonds. The Balaban J connectivity index is 1.46. The number of hydrogen-bond donors (Lipinski definition) is 0. The largest absolute Gasteiger partial charge is 0.0821 e. The van der Waals surface area contributed by atoms with Crippen LogP contribution in [0.1, 0.15) is 58.8 Å². The lowest BCUT2D eigenvalue weighted by Crippen LogP contribution is -2.66. The lowest BCUT2D eigenvalue weighted by atomic mass is 9.33. The minimum absolute atomic E-state index is 0.744. The van der Waals surface area contributed by atoms with Gasteiger partial charge in [-0.1, -0.05) is 25.5 Å². The van der Waals surface area contributed by atoms with Gasteiger partial charge >= 0.3 is 0 Å². The van der Waals surface area contributed by atoms with E-state index in [1.807, 2.05) is 5.57 Å². The Morgan fingerprint density at radius 2 is 1.88 bits per heavy atom. The van der Waals surface area contributed by atoms with Crippen molar-refractivity contribution in [2.45, 2.75) is 58.8 Å². The monoisotopic (exact) mass is 320 g/mol. The highest BCUT2D eigenvalue weighted by Gasteiger charge is 2.80. The second-order valence-corrected chi connectivity index (χ2v) is 12.3. The molecule has 0 heteroatoms. The molecule has 24 heavy (non-hydrogen) atoms. The first-order valence-electron chi connectivity index (χ1n) is 11.3. The number of rotatable bonds is 0. The van der Waals surface area contributed by atoms with Crippen LogP contribution in [0.3, 0.4) is 0 Å². The van der Waals surface area contributed by atoms with Gasteiger partial charge in [-0.25, -0.2) is 0 Å². The molecule has 128 valence electrons. The van der Waals surface area contributed by atoms with Gasteiger partial charge in [0, 0.05) is 0 Å². The molecule has 0 aliphatic heterocycles. The molecule has 7 fully saturated rings. The highest BCUT2D eigenvalue weighted by Crippen LogP contribution is 2.86. The van der Waals surface area contributed by atoms with E-state index in [0.29, 0.717) is 0 Å². The highest BCUT2D eigenvalue weighted by atomic mass is 14.8. The quantitative estimate of drug-likeness (QED) is 0.514. The van der Waals surface area contributed by atoms with Gasteiger partial charge in [-0.15, -0.1) is 0 Å². The first kappa shape index (κ1) is 13.0. The summed E-state index contributed by atoms with van der Waals surface area (Å²) in [6, 6.07) is 0. The Kier molecular flexibility index (Phi) is 1.87. The van der Waals surface area contributed by atoms with Gasteiger partial charge in [0.15, 0.2) is 0 Å². The van der Waals surface area contributed by atoms with Crippen LogP contribution in [0.2, 0.25) is 0 Å². The highest BCUT2D eigenvalue weighted by molar-refractivity contribution is 5.35. The third kappa shape index (κ3) is 1.04. The van der Waals surface area contributed by atoms with Crippen LogP contribution in [0.25, 0.3) is 0 Å². The second-order valence-electron chi connectivity index (χ2n) is 12.3. The predicted molar refractivity (Wildman–Crippen MR) is 95.0 cm³/mol. The van der Waals surface area contributed by atoms with Crippen LogP contribution in [-0.2, 0) is 0 Å². The minimum atomic E-state index is 0.744.